The lowest BCUT2D eigenvalue weighted by Crippen LogP contribution is -2.40. The quantitative estimate of drug-likeness (QED) is 0.786. The minimum atomic E-state index is -3.87. The second-order valence-electron chi connectivity index (χ2n) is 6.53. The third-order valence-corrected chi connectivity index (χ3v) is 7.78. The molecule has 0 saturated carbocycles. The molecule has 0 unspecified atom stereocenters. The number of hydrogen-bond acceptors (Lipinski definition) is 4. The molecule has 138 valence electrons. The second kappa shape index (κ2) is 6.98. The van der Waals surface area contributed by atoms with Gasteiger partial charge in [-0.3, -0.25) is 0 Å². The zero-order chi connectivity index (χ0) is 18.9. The Balaban J connectivity index is 2.07. The topological polar surface area (TPSA) is 71.5 Å². The Morgan fingerprint density at radius 2 is 1.77 bits per heavy atom. The maximum Gasteiger partial charge on any atom is 0.244 e. The van der Waals surface area contributed by atoms with Crippen LogP contribution in [0.4, 0.5) is 0 Å². The fraction of sp³-hybridized carbons (Fsp3) is 0.263. The Hall–Kier alpha value is -1.96. The van der Waals surface area contributed by atoms with Gasteiger partial charge in [-0.25, -0.2) is 16.8 Å². The molecule has 0 fully saturated rings. The summed E-state index contributed by atoms with van der Waals surface area (Å²) in [7, 11) is -7.25. The van der Waals surface area contributed by atoms with E-state index >= 15 is 0 Å². The molecule has 5 nitrogen and oxygen atoms in total. The first-order valence-electron chi connectivity index (χ1n) is 8.23. The Morgan fingerprint density at radius 1 is 1.08 bits per heavy atom. The van der Waals surface area contributed by atoms with Crippen molar-refractivity contribution in [3.63, 3.8) is 0 Å². The molecule has 3 rings (SSSR count). The molecule has 0 spiro atoms. The van der Waals surface area contributed by atoms with Crippen LogP contribution in [0.5, 0.6) is 0 Å². The number of sulfonamides is 1. The molecule has 0 amide bonds. The van der Waals surface area contributed by atoms with Crippen LogP contribution in [0.2, 0.25) is 0 Å². The minimum absolute atomic E-state index is 0.112. The highest BCUT2D eigenvalue weighted by molar-refractivity contribution is 7.94. The molecule has 0 aromatic heterocycles. The largest absolute Gasteiger partial charge is 0.244 e. The highest BCUT2D eigenvalue weighted by Crippen LogP contribution is 2.28. The van der Waals surface area contributed by atoms with Crippen LogP contribution in [0.3, 0.4) is 0 Å². The van der Waals surface area contributed by atoms with E-state index in [1.807, 2.05) is 43.3 Å². The van der Waals surface area contributed by atoms with Gasteiger partial charge in [-0.1, -0.05) is 48.5 Å². The lowest BCUT2D eigenvalue weighted by atomic mass is 10.2. The van der Waals surface area contributed by atoms with E-state index in [-0.39, 0.29) is 17.2 Å². The van der Waals surface area contributed by atoms with Crippen molar-refractivity contribution in [2.24, 2.45) is 0 Å². The van der Waals surface area contributed by atoms with Crippen molar-refractivity contribution >= 4 is 19.9 Å². The summed E-state index contributed by atoms with van der Waals surface area (Å²) in [6.45, 7) is 3.69. The molecule has 0 bridgehead atoms. The molecule has 0 radical (unpaired) electrons. The van der Waals surface area contributed by atoms with E-state index < -0.39 is 25.9 Å². The molecule has 1 heterocycles. The maximum atomic E-state index is 13.4. The molecule has 0 N–H and O–H groups in total. The van der Waals surface area contributed by atoms with Gasteiger partial charge in [0.05, 0.1) is 16.7 Å². The van der Waals surface area contributed by atoms with Crippen LogP contribution >= 0.6 is 0 Å². The highest BCUT2D eigenvalue weighted by atomic mass is 32.2. The first-order chi connectivity index (χ1) is 12.2. The van der Waals surface area contributed by atoms with Crippen molar-refractivity contribution in [2.75, 3.05) is 5.75 Å². The molecule has 1 aliphatic heterocycles. The number of benzene rings is 2. The normalized spacial score (nSPS) is 19.1. The van der Waals surface area contributed by atoms with Crippen molar-refractivity contribution in [3.05, 3.63) is 76.7 Å². The van der Waals surface area contributed by atoms with Gasteiger partial charge in [0.2, 0.25) is 10.0 Å². The van der Waals surface area contributed by atoms with Crippen molar-refractivity contribution in [2.45, 2.75) is 31.3 Å². The lowest BCUT2D eigenvalue weighted by Gasteiger charge is -2.27. The number of hydrogen-bond donors (Lipinski definition) is 0. The van der Waals surface area contributed by atoms with Gasteiger partial charge in [-0.15, -0.1) is 0 Å². The minimum Gasteiger partial charge on any atom is -0.224 e. The summed E-state index contributed by atoms with van der Waals surface area (Å²) in [5, 5.41) is 1.11. The van der Waals surface area contributed by atoms with Gasteiger partial charge in [0.15, 0.2) is 9.84 Å². The highest BCUT2D eigenvalue weighted by Gasteiger charge is 2.36. The molecular formula is C19H21NO4S2. The molecule has 0 saturated heterocycles. The average molecular weight is 392 g/mol. The fourth-order valence-electron chi connectivity index (χ4n) is 2.99. The van der Waals surface area contributed by atoms with Crippen molar-refractivity contribution in [3.8, 4) is 0 Å². The summed E-state index contributed by atoms with van der Waals surface area (Å²) >= 11 is 0. The van der Waals surface area contributed by atoms with Crippen LogP contribution in [0.15, 0.2) is 64.9 Å². The molecular weight excluding hydrogens is 370 g/mol. The summed E-state index contributed by atoms with van der Waals surface area (Å²) in [6, 6.07) is 13.7. The lowest BCUT2D eigenvalue weighted by molar-refractivity contribution is 0.375. The number of rotatable bonds is 5. The molecule has 1 atom stereocenters. The smallest absolute Gasteiger partial charge is 0.224 e. The molecule has 1 aliphatic rings. The predicted molar refractivity (Wildman–Crippen MR) is 102 cm³/mol. The second-order valence-corrected chi connectivity index (χ2v) is 10.3. The number of nitrogens with zero attached hydrogens (tertiary/aromatic N) is 1. The molecule has 0 aliphatic carbocycles. The first-order valence-corrected chi connectivity index (χ1v) is 11.4. The Bertz CT molecular complexity index is 1040. The zero-order valence-electron chi connectivity index (χ0n) is 14.7. The van der Waals surface area contributed by atoms with E-state index in [1.54, 1.807) is 19.1 Å². The summed E-state index contributed by atoms with van der Waals surface area (Å²) in [5.74, 6) is -0.232. The molecule has 26 heavy (non-hydrogen) atoms. The van der Waals surface area contributed by atoms with E-state index in [1.165, 1.54) is 10.4 Å². The van der Waals surface area contributed by atoms with Gasteiger partial charge >= 0.3 is 0 Å². The standard InChI is InChI=1S/C19H21NO4S2/c1-15-8-9-16(2)19(12-15)26(23,24)20(13-17-6-4-3-5-7-17)18-10-11-25(21,22)14-18/h3-12,18H,13-14H2,1-2H3/t18-/m1/s1. The van der Waals surface area contributed by atoms with E-state index in [9.17, 15) is 16.8 Å². The van der Waals surface area contributed by atoms with Gasteiger partial charge in [-0.05, 0) is 36.6 Å². The van der Waals surface area contributed by atoms with Crippen molar-refractivity contribution in [1.82, 2.24) is 4.31 Å². The summed E-state index contributed by atoms with van der Waals surface area (Å²) < 4.78 is 51.8. The van der Waals surface area contributed by atoms with E-state index in [0.29, 0.717) is 5.56 Å². The van der Waals surface area contributed by atoms with Crippen LogP contribution in [0, 0.1) is 13.8 Å². The van der Waals surface area contributed by atoms with Crippen LogP contribution in [0.1, 0.15) is 16.7 Å². The Labute approximate surface area is 154 Å². The Kier molecular flexibility index (Phi) is 5.05. The van der Waals surface area contributed by atoms with Gasteiger partial charge < -0.3 is 0 Å². The third kappa shape index (κ3) is 3.90. The summed E-state index contributed by atoms with van der Waals surface area (Å²) in [4.78, 5) is 0.214. The summed E-state index contributed by atoms with van der Waals surface area (Å²) in [5.41, 5.74) is 2.28. The van der Waals surface area contributed by atoms with Gasteiger partial charge in [0.25, 0.3) is 0 Å². The number of aryl methyl sites for hydroxylation is 2. The SMILES string of the molecule is Cc1ccc(C)c(S(=O)(=O)N(Cc2ccccc2)[C@@H]2C=CS(=O)(=O)C2)c1. The fourth-order valence-corrected chi connectivity index (χ4v) is 6.27. The third-order valence-electron chi connectivity index (χ3n) is 4.39. The van der Waals surface area contributed by atoms with Crippen LogP contribution in [-0.4, -0.2) is 32.9 Å². The summed E-state index contributed by atoms with van der Waals surface area (Å²) in [6.07, 6.45) is 1.46. The van der Waals surface area contributed by atoms with E-state index in [0.717, 1.165) is 16.5 Å². The maximum absolute atomic E-state index is 13.4. The molecule has 7 heteroatoms. The van der Waals surface area contributed by atoms with Crippen LogP contribution in [0.25, 0.3) is 0 Å². The predicted octanol–water partition coefficient (Wildman–Crippen LogP) is 2.81. The first kappa shape index (κ1) is 18.8. The molecule has 2 aromatic carbocycles. The zero-order valence-corrected chi connectivity index (χ0v) is 16.3. The average Bonchev–Trinajstić information content (AvgIpc) is 2.95. The van der Waals surface area contributed by atoms with Crippen LogP contribution < -0.4 is 0 Å². The van der Waals surface area contributed by atoms with Crippen molar-refractivity contribution in [1.29, 1.82) is 0 Å². The number of sulfone groups is 1. The van der Waals surface area contributed by atoms with Crippen LogP contribution in [-0.2, 0) is 26.4 Å². The monoisotopic (exact) mass is 391 g/mol. The van der Waals surface area contributed by atoms with Gasteiger partial charge in [-0.2, -0.15) is 4.31 Å². The van der Waals surface area contributed by atoms with Gasteiger partial charge in [0.1, 0.15) is 0 Å². The van der Waals surface area contributed by atoms with E-state index in [4.69, 9.17) is 0 Å². The van der Waals surface area contributed by atoms with E-state index in [2.05, 4.69) is 0 Å². The molecule has 2 aromatic rings. The van der Waals surface area contributed by atoms with Crippen molar-refractivity contribution < 1.29 is 16.8 Å². The Morgan fingerprint density at radius 3 is 2.38 bits per heavy atom. The van der Waals surface area contributed by atoms with Gasteiger partial charge in [0, 0.05) is 12.0 Å².